The second-order valence-electron chi connectivity index (χ2n) is 4.16. The monoisotopic (exact) mass is 271 g/mol. The molecule has 100 valence electrons. The van der Waals surface area contributed by atoms with Gasteiger partial charge >= 0.3 is 5.97 Å². The highest BCUT2D eigenvalue weighted by Gasteiger charge is 2.20. The molecule has 1 aromatic rings. The Bertz CT molecular complexity index is 416. The zero-order chi connectivity index (χ0) is 13.0. The van der Waals surface area contributed by atoms with E-state index in [0.29, 0.717) is 5.16 Å². The molecule has 1 saturated heterocycles. The number of aromatic nitrogens is 3. The molecular weight excluding hydrogens is 254 g/mol. The molecule has 18 heavy (non-hydrogen) atoms. The maximum atomic E-state index is 10.6. The fraction of sp³-hybridized carbons (Fsp3) is 0.727. The number of carboxylic acids is 1. The lowest BCUT2D eigenvalue weighted by Crippen LogP contribution is -2.14. The van der Waals surface area contributed by atoms with E-state index in [2.05, 4.69) is 10.2 Å². The first-order valence-corrected chi connectivity index (χ1v) is 7.07. The number of aliphatic carboxylic acids is 1. The van der Waals surface area contributed by atoms with Crippen molar-refractivity contribution in [2.75, 3.05) is 12.4 Å². The van der Waals surface area contributed by atoms with Crippen LogP contribution >= 0.6 is 11.8 Å². The predicted molar refractivity (Wildman–Crippen MR) is 66.7 cm³/mol. The molecule has 1 unspecified atom stereocenters. The van der Waals surface area contributed by atoms with Gasteiger partial charge in [0.1, 0.15) is 5.82 Å². The molecule has 0 spiro atoms. The molecular formula is C11H17N3O3S. The zero-order valence-corrected chi connectivity index (χ0v) is 11.2. The molecule has 1 N–H and O–H groups in total. The van der Waals surface area contributed by atoms with E-state index >= 15 is 0 Å². The molecule has 0 bridgehead atoms. The van der Waals surface area contributed by atoms with Gasteiger partial charge in [-0.3, -0.25) is 4.79 Å². The summed E-state index contributed by atoms with van der Waals surface area (Å²) in [4.78, 5) is 10.6. The van der Waals surface area contributed by atoms with Gasteiger partial charge in [-0.25, -0.2) is 0 Å². The van der Waals surface area contributed by atoms with Crippen LogP contribution in [0.4, 0.5) is 0 Å². The van der Waals surface area contributed by atoms with Crippen LogP contribution < -0.4 is 0 Å². The van der Waals surface area contributed by atoms with Gasteiger partial charge in [0, 0.05) is 19.6 Å². The van der Waals surface area contributed by atoms with Crippen LogP contribution in [0.5, 0.6) is 0 Å². The van der Waals surface area contributed by atoms with Gasteiger partial charge in [0.25, 0.3) is 0 Å². The Balaban J connectivity index is 2.03. The van der Waals surface area contributed by atoms with Crippen molar-refractivity contribution in [3.63, 3.8) is 0 Å². The number of thioether (sulfide) groups is 1. The number of rotatable bonds is 6. The highest BCUT2D eigenvalue weighted by molar-refractivity contribution is 7.99. The summed E-state index contributed by atoms with van der Waals surface area (Å²) >= 11 is 1.21. The third-order valence-electron chi connectivity index (χ3n) is 2.87. The molecule has 1 fully saturated rings. The summed E-state index contributed by atoms with van der Waals surface area (Å²) < 4.78 is 7.55. The quantitative estimate of drug-likeness (QED) is 0.783. The summed E-state index contributed by atoms with van der Waals surface area (Å²) in [6.45, 7) is 3.58. The van der Waals surface area contributed by atoms with E-state index in [1.54, 1.807) is 0 Å². The third-order valence-corrected chi connectivity index (χ3v) is 3.82. The van der Waals surface area contributed by atoms with Gasteiger partial charge in [0.2, 0.25) is 0 Å². The smallest absolute Gasteiger partial charge is 0.313 e. The van der Waals surface area contributed by atoms with Crippen molar-refractivity contribution in [1.29, 1.82) is 0 Å². The van der Waals surface area contributed by atoms with Gasteiger partial charge in [0.15, 0.2) is 5.16 Å². The standard InChI is InChI=1S/C11H17N3O3S/c1-2-14-9(6-8-4-3-5-17-8)12-13-11(14)18-7-10(15)16/h8H,2-7H2,1H3,(H,15,16). The Morgan fingerprint density at radius 1 is 1.61 bits per heavy atom. The lowest BCUT2D eigenvalue weighted by molar-refractivity contribution is -0.133. The van der Waals surface area contributed by atoms with E-state index in [1.807, 2.05) is 11.5 Å². The predicted octanol–water partition coefficient (Wildman–Crippen LogP) is 1.20. The van der Waals surface area contributed by atoms with Crippen molar-refractivity contribution in [2.24, 2.45) is 0 Å². The highest BCUT2D eigenvalue weighted by atomic mass is 32.2. The summed E-state index contributed by atoms with van der Waals surface area (Å²) in [6, 6.07) is 0. The Morgan fingerprint density at radius 2 is 2.44 bits per heavy atom. The maximum Gasteiger partial charge on any atom is 0.313 e. The minimum atomic E-state index is -0.841. The minimum Gasteiger partial charge on any atom is -0.481 e. The zero-order valence-electron chi connectivity index (χ0n) is 10.3. The van der Waals surface area contributed by atoms with Crippen molar-refractivity contribution < 1.29 is 14.6 Å². The van der Waals surface area contributed by atoms with E-state index in [0.717, 1.165) is 38.2 Å². The molecule has 2 heterocycles. The first-order valence-electron chi connectivity index (χ1n) is 6.09. The molecule has 2 rings (SSSR count). The Kier molecular flexibility index (Phi) is 4.60. The molecule has 0 amide bonds. The van der Waals surface area contributed by atoms with Crippen molar-refractivity contribution >= 4 is 17.7 Å². The minimum absolute atomic E-state index is 0.0120. The van der Waals surface area contributed by atoms with Gasteiger partial charge in [0.05, 0.1) is 11.9 Å². The number of carboxylic acid groups (broad SMARTS) is 1. The van der Waals surface area contributed by atoms with Crippen LogP contribution in [-0.2, 0) is 22.5 Å². The van der Waals surface area contributed by atoms with Crippen LogP contribution in [0.3, 0.4) is 0 Å². The van der Waals surface area contributed by atoms with Crippen molar-refractivity contribution in [3.8, 4) is 0 Å². The van der Waals surface area contributed by atoms with Crippen molar-refractivity contribution in [1.82, 2.24) is 14.8 Å². The Morgan fingerprint density at radius 3 is 3.06 bits per heavy atom. The molecule has 1 aliphatic heterocycles. The molecule has 1 atom stereocenters. The van der Waals surface area contributed by atoms with Crippen LogP contribution in [0.2, 0.25) is 0 Å². The van der Waals surface area contributed by atoms with Crippen LogP contribution in [0, 0.1) is 0 Å². The van der Waals surface area contributed by atoms with Gasteiger partial charge in [-0.05, 0) is 19.8 Å². The van der Waals surface area contributed by atoms with Crippen LogP contribution in [0.15, 0.2) is 5.16 Å². The topological polar surface area (TPSA) is 77.2 Å². The van der Waals surface area contributed by atoms with E-state index in [9.17, 15) is 4.79 Å². The van der Waals surface area contributed by atoms with E-state index in [1.165, 1.54) is 11.8 Å². The van der Waals surface area contributed by atoms with Crippen LogP contribution in [0.25, 0.3) is 0 Å². The Labute approximate surface area is 110 Å². The molecule has 0 radical (unpaired) electrons. The number of nitrogens with zero attached hydrogens (tertiary/aromatic N) is 3. The average molecular weight is 271 g/mol. The van der Waals surface area contributed by atoms with E-state index < -0.39 is 5.97 Å². The first-order chi connectivity index (χ1) is 8.70. The number of hydrogen-bond acceptors (Lipinski definition) is 5. The molecule has 0 saturated carbocycles. The average Bonchev–Trinajstić information content (AvgIpc) is 2.96. The van der Waals surface area contributed by atoms with Gasteiger partial charge in [-0.2, -0.15) is 0 Å². The number of hydrogen-bond donors (Lipinski definition) is 1. The summed E-state index contributed by atoms with van der Waals surface area (Å²) in [7, 11) is 0. The second-order valence-corrected chi connectivity index (χ2v) is 5.11. The van der Waals surface area contributed by atoms with E-state index in [-0.39, 0.29) is 11.9 Å². The fourth-order valence-corrected chi connectivity index (χ4v) is 2.77. The van der Waals surface area contributed by atoms with Gasteiger partial charge in [-0.1, -0.05) is 11.8 Å². The number of ether oxygens (including phenoxy) is 1. The normalized spacial score (nSPS) is 19.3. The lowest BCUT2D eigenvalue weighted by atomic mass is 10.2. The molecule has 0 aromatic carbocycles. The Hall–Kier alpha value is -1.08. The van der Waals surface area contributed by atoms with Gasteiger partial charge < -0.3 is 14.4 Å². The van der Waals surface area contributed by atoms with Crippen molar-refractivity contribution in [3.05, 3.63) is 5.82 Å². The third kappa shape index (κ3) is 3.23. The molecule has 1 aromatic heterocycles. The summed E-state index contributed by atoms with van der Waals surface area (Å²) in [5.74, 6) is 0.0570. The van der Waals surface area contributed by atoms with E-state index in [4.69, 9.17) is 9.84 Å². The summed E-state index contributed by atoms with van der Waals surface area (Å²) in [6.07, 6.45) is 3.16. The molecule has 0 aliphatic carbocycles. The number of carbonyl (C=O) groups is 1. The van der Waals surface area contributed by atoms with Crippen molar-refractivity contribution in [2.45, 2.75) is 44.0 Å². The highest BCUT2D eigenvalue weighted by Crippen LogP contribution is 2.20. The largest absolute Gasteiger partial charge is 0.481 e. The SMILES string of the molecule is CCn1c(CC2CCCO2)nnc1SCC(=O)O. The first kappa shape index (κ1) is 13.4. The van der Waals surface area contributed by atoms with Gasteiger partial charge in [-0.15, -0.1) is 10.2 Å². The molecule has 1 aliphatic rings. The lowest BCUT2D eigenvalue weighted by Gasteiger charge is -2.10. The maximum absolute atomic E-state index is 10.6. The van der Waals surface area contributed by atoms with Crippen LogP contribution in [-0.4, -0.2) is 44.3 Å². The summed E-state index contributed by atoms with van der Waals surface area (Å²) in [5.41, 5.74) is 0. The molecule has 6 nitrogen and oxygen atoms in total. The second kappa shape index (κ2) is 6.19. The summed E-state index contributed by atoms with van der Waals surface area (Å²) in [5, 5.41) is 17.6. The molecule has 7 heteroatoms. The fourth-order valence-electron chi connectivity index (χ4n) is 2.03. The van der Waals surface area contributed by atoms with Crippen LogP contribution in [0.1, 0.15) is 25.6 Å².